The monoisotopic (exact) mass is 404 g/mol. The van der Waals surface area contributed by atoms with Crippen LogP contribution in [-0.4, -0.2) is 28.4 Å². The van der Waals surface area contributed by atoms with Crippen molar-refractivity contribution in [2.24, 2.45) is 5.16 Å². The van der Waals surface area contributed by atoms with E-state index in [2.05, 4.69) is 10.1 Å². The van der Waals surface area contributed by atoms with Crippen LogP contribution in [0.5, 0.6) is 5.75 Å². The summed E-state index contributed by atoms with van der Waals surface area (Å²) < 4.78 is 5.94. The van der Waals surface area contributed by atoms with Crippen molar-refractivity contribution in [1.29, 1.82) is 0 Å². The second-order valence-electron chi connectivity index (χ2n) is 6.77. The maximum absolute atomic E-state index is 12.4. The van der Waals surface area contributed by atoms with E-state index in [1.54, 1.807) is 42.7 Å². The average molecular weight is 404 g/mol. The molecule has 0 saturated heterocycles. The van der Waals surface area contributed by atoms with Gasteiger partial charge in [0.15, 0.2) is 0 Å². The van der Waals surface area contributed by atoms with Crippen molar-refractivity contribution >= 4 is 12.2 Å². The molecule has 0 aliphatic rings. The molecule has 0 radical (unpaired) electrons. The van der Waals surface area contributed by atoms with Gasteiger partial charge in [0.25, 0.3) is 0 Å². The van der Waals surface area contributed by atoms with E-state index in [0.717, 1.165) is 5.56 Å². The maximum Gasteiger partial charge on any atom is 0.349 e. The van der Waals surface area contributed by atoms with Crippen molar-refractivity contribution in [1.82, 2.24) is 4.98 Å². The van der Waals surface area contributed by atoms with E-state index >= 15 is 0 Å². The number of carbonyl (C=O) groups is 1. The first-order valence-corrected chi connectivity index (χ1v) is 9.77. The minimum atomic E-state index is -1.32. The number of carboxylic acid groups (broad SMARTS) is 1. The number of benzene rings is 2. The lowest BCUT2D eigenvalue weighted by molar-refractivity contribution is -0.172. The highest BCUT2D eigenvalue weighted by atomic mass is 16.7. The Bertz CT molecular complexity index is 949. The fourth-order valence-corrected chi connectivity index (χ4v) is 3.28. The van der Waals surface area contributed by atoms with E-state index in [9.17, 15) is 9.90 Å². The summed E-state index contributed by atoms with van der Waals surface area (Å²) in [6.45, 7) is 1.97. The van der Waals surface area contributed by atoms with Gasteiger partial charge in [-0.05, 0) is 24.6 Å². The van der Waals surface area contributed by atoms with Crippen LogP contribution in [0.4, 0.5) is 0 Å². The first-order chi connectivity index (χ1) is 14.7. The first kappa shape index (κ1) is 21.0. The molecule has 3 rings (SSSR count). The molecule has 6 heteroatoms. The number of para-hydroxylation sites is 1. The standard InChI is InChI=1S/C24H24N2O4/c1-2-15-24(20-11-5-3-6-12-20,30-26-18-19-10-9-16-25-17-19)22(23(27)28)29-21-13-7-4-8-14-21/h3-14,16-18,22H,2,15H2,1H3,(H,27,28). The molecular formula is C24H24N2O4. The molecule has 1 heterocycles. The van der Waals surface area contributed by atoms with Crippen molar-refractivity contribution in [2.45, 2.75) is 31.5 Å². The van der Waals surface area contributed by atoms with E-state index < -0.39 is 17.7 Å². The largest absolute Gasteiger partial charge is 0.478 e. The number of carboxylic acids is 1. The molecule has 1 aromatic heterocycles. The highest BCUT2D eigenvalue weighted by Crippen LogP contribution is 2.37. The predicted octanol–water partition coefficient (Wildman–Crippen LogP) is 4.66. The molecule has 0 aliphatic heterocycles. The van der Waals surface area contributed by atoms with Crippen molar-refractivity contribution in [3.63, 3.8) is 0 Å². The van der Waals surface area contributed by atoms with Gasteiger partial charge in [-0.25, -0.2) is 4.79 Å². The van der Waals surface area contributed by atoms with Crippen LogP contribution in [-0.2, 0) is 15.2 Å². The SMILES string of the molecule is CCCC(ON=Cc1cccnc1)(c1ccccc1)C(Oc1ccccc1)C(=O)O. The number of hydrogen-bond donors (Lipinski definition) is 1. The van der Waals surface area contributed by atoms with Crippen LogP contribution in [0.1, 0.15) is 30.9 Å². The van der Waals surface area contributed by atoms with Crippen molar-refractivity contribution in [2.75, 3.05) is 0 Å². The molecule has 0 fully saturated rings. The Morgan fingerprint density at radius 3 is 2.40 bits per heavy atom. The van der Waals surface area contributed by atoms with Gasteiger partial charge in [-0.2, -0.15) is 0 Å². The Labute approximate surface area is 175 Å². The zero-order chi connectivity index (χ0) is 21.2. The normalized spacial score (nSPS) is 14.0. The number of pyridine rings is 1. The van der Waals surface area contributed by atoms with E-state index in [1.807, 2.05) is 49.4 Å². The molecule has 30 heavy (non-hydrogen) atoms. The van der Waals surface area contributed by atoms with Gasteiger partial charge in [-0.15, -0.1) is 0 Å². The first-order valence-electron chi connectivity index (χ1n) is 9.77. The van der Waals surface area contributed by atoms with Gasteiger partial charge in [0.05, 0.1) is 6.21 Å². The van der Waals surface area contributed by atoms with Crippen molar-refractivity contribution in [3.05, 3.63) is 96.3 Å². The number of hydrogen-bond acceptors (Lipinski definition) is 5. The predicted molar refractivity (Wildman–Crippen MR) is 114 cm³/mol. The number of aliphatic carboxylic acids is 1. The minimum absolute atomic E-state index is 0.394. The molecule has 0 bridgehead atoms. The summed E-state index contributed by atoms with van der Waals surface area (Å²) in [4.78, 5) is 22.4. The van der Waals surface area contributed by atoms with Crippen LogP contribution >= 0.6 is 0 Å². The molecule has 2 aromatic carbocycles. The van der Waals surface area contributed by atoms with E-state index in [0.29, 0.717) is 24.2 Å². The van der Waals surface area contributed by atoms with Gasteiger partial charge in [0.1, 0.15) is 5.75 Å². The van der Waals surface area contributed by atoms with Crippen molar-refractivity contribution < 1.29 is 19.5 Å². The Hall–Kier alpha value is -3.67. The van der Waals surface area contributed by atoms with E-state index in [1.165, 1.54) is 6.21 Å². The summed E-state index contributed by atoms with van der Waals surface area (Å²) in [6, 6.07) is 21.7. The third kappa shape index (κ3) is 5.03. The molecule has 2 atom stereocenters. The smallest absolute Gasteiger partial charge is 0.349 e. The molecule has 3 aromatic rings. The molecule has 6 nitrogen and oxygen atoms in total. The highest BCUT2D eigenvalue weighted by Gasteiger charge is 2.49. The Morgan fingerprint density at radius 2 is 1.80 bits per heavy atom. The van der Waals surface area contributed by atoms with Crippen LogP contribution in [0.25, 0.3) is 0 Å². The third-order valence-corrected chi connectivity index (χ3v) is 4.63. The number of oxime groups is 1. The number of aromatic nitrogens is 1. The molecule has 0 spiro atoms. The van der Waals surface area contributed by atoms with Crippen LogP contribution in [0.3, 0.4) is 0 Å². The lowest BCUT2D eigenvalue weighted by Crippen LogP contribution is -2.49. The Balaban J connectivity index is 2.03. The molecule has 154 valence electrons. The quantitative estimate of drug-likeness (QED) is 0.393. The van der Waals surface area contributed by atoms with Gasteiger partial charge in [-0.3, -0.25) is 4.98 Å². The Kier molecular flexibility index (Phi) is 7.16. The van der Waals surface area contributed by atoms with E-state index in [-0.39, 0.29) is 0 Å². The molecule has 1 N–H and O–H groups in total. The van der Waals surface area contributed by atoms with Gasteiger partial charge in [0, 0.05) is 23.5 Å². The van der Waals surface area contributed by atoms with E-state index in [4.69, 9.17) is 9.57 Å². The second-order valence-corrected chi connectivity index (χ2v) is 6.77. The fourth-order valence-electron chi connectivity index (χ4n) is 3.28. The molecule has 0 aliphatic carbocycles. The zero-order valence-electron chi connectivity index (χ0n) is 16.7. The topological polar surface area (TPSA) is 81.0 Å². The second kappa shape index (κ2) is 10.2. The summed E-state index contributed by atoms with van der Waals surface area (Å²) in [5, 5.41) is 14.3. The van der Waals surface area contributed by atoms with Gasteiger partial charge < -0.3 is 14.7 Å². The summed E-state index contributed by atoms with van der Waals surface area (Å²) >= 11 is 0. The van der Waals surface area contributed by atoms with Gasteiger partial charge >= 0.3 is 5.97 Å². The summed E-state index contributed by atoms with van der Waals surface area (Å²) in [6.07, 6.45) is 4.57. The average Bonchev–Trinajstić information content (AvgIpc) is 2.79. The summed E-state index contributed by atoms with van der Waals surface area (Å²) in [5.41, 5.74) is 0.0986. The fraction of sp³-hybridized carbons (Fsp3) is 0.208. The summed E-state index contributed by atoms with van der Waals surface area (Å²) in [5.74, 6) is -0.686. The number of rotatable bonds is 10. The lowest BCUT2D eigenvalue weighted by Gasteiger charge is -2.36. The molecule has 0 saturated carbocycles. The van der Waals surface area contributed by atoms with Crippen molar-refractivity contribution in [3.8, 4) is 5.75 Å². The van der Waals surface area contributed by atoms with Crippen LogP contribution < -0.4 is 4.74 Å². The Morgan fingerprint density at radius 1 is 1.10 bits per heavy atom. The lowest BCUT2D eigenvalue weighted by atomic mass is 9.83. The van der Waals surface area contributed by atoms with Crippen LogP contribution in [0.2, 0.25) is 0 Å². The number of ether oxygens (including phenoxy) is 1. The van der Waals surface area contributed by atoms with Crippen LogP contribution in [0.15, 0.2) is 90.3 Å². The third-order valence-electron chi connectivity index (χ3n) is 4.63. The number of nitrogens with zero attached hydrogens (tertiary/aromatic N) is 2. The van der Waals surface area contributed by atoms with Crippen LogP contribution in [0, 0.1) is 0 Å². The minimum Gasteiger partial charge on any atom is -0.478 e. The summed E-state index contributed by atoms with van der Waals surface area (Å²) in [7, 11) is 0. The molecular weight excluding hydrogens is 380 g/mol. The highest BCUT2D eigenvalue weighted by molar-refractivity contribution is 5.78. The maximum atomic E-state index is 12.4. The molecule has 2 unspecified atom stereocenters. The van der Waals surface area contributed by atoms with Gasteiger partial charge in [-0.1, -0.05) is 73.1 Å². The van der Waals surface area contributed by atoms with Gasteiger partial charge in [0.2, 0.25) is 11.7 Å². The zero-order valence-corrected chi connectivity index (χ0v) is 16.7. The molecule has 0 amide bonds.